The normalized spacial score (nSPS) is 18.1. The number of rotatable bonds is 4. The number of carbonyl (C=O) groups is 2. The molecule has 1 aliphatic rings. The molecule has 2 heterocycles. The number of anilines is 1. The molecule has 0 bridgehead atoms. The van der Waals surface area contributed by atoms with Crippen molar-refractivity contribution in [1.29, 1.82) is 0 Å². The van der Waals surface area contributed by atoms with Crippen LogP contribution in [0.5, 0.6) is 5.75 Å². The van der Waals surface area contributed by atoms with Crippen molar-refractivity contribution < 1.29 is 24.0 Å². The van der Waals surface area contributed by atoms with E-state index in [1.807, 2.05) is 19.1 Å². The Balaban J connectivity index is 1.95. The Bertz CT molecular complexity index is 1160. The van der Waals surface area contributed by atoms with Gasteiger partial charge in [0.05, 0.1) is 18.7 Å². The van der Waals surface area contributed by atoms with Crippen LogP contribution >= 0.6 is 0 Å². The van der Waals surface area contributed by atoms with E-state index in [0.717, 1.165) is 5.56 Å². The first kappa shape index (κ1) is 19.4. The zero-order valence-electron chi connectivity index (χ0n) is 16.7. The van der Waals surface area contributed by atoms with Gasteiger partial charge in [0, 0.05) is 11.6 Å². The number of ether oxygens (including phenoxy) is 1. The average Bonchev–Trinajstić information content (AvgIpc) is 3.29. The molecular weight excluding hydrogens is 384 g/mol. The van der Waals surface area contributed by atoms with Crippen LogP contribution in [0.1, 0.15) is 28.5 Å². The monoisotopic (exact) mass is 404 g/mol. The maximum Gasteiger partial charge on any atom is 0.301 e. The van der Waals surface area contributed by atoms with Crippen LogP contribution in [0.15, 0.2) is 64.7 Å². The van der Waals surface area contributed by atoms with Gasteiger partial charge >= 0.3 is 5.91 Å². The molecule has 1 saturated heterocycles. The van der Waals surface area contributed by atoms with E-state index in [1.165, 1.54) is 12.0 Å². The third-order valence-corrected chi connectivity index (χ3v) is 5.04. The number of Topliss-reactive ketones (excluding diaryl/α,β-unsaturated/α-hetero) is 1. The molecule has 7 nitrogen and oxygen atoms in total. The fraction of sp³-hybridized carbons (Fsp3) is 0.174. The number of methoxy groups -OCH3 is 1. The molecule has 4 rings (SSSR count). The lowest BCUT2D eigenvalue weighted by molar-refractivity contribution is -0.132. The largest absolute Gasteiger partial charge is 0.507 e. The van der Waals surface area contributed by atoms with Crippen LogP contribution in [-0.4, -0.2) is 29.1 Å². The van der Waals surface area contributed by atoms with Crippen molar-refractivity contribution in [3.05, 3.63) is 82.6 Å². The van der Waals surface area contributed by atoms with Crippen molar-refractivity contribution in [2.24, 2.45) is 0 Å². The molecule has 1 atom stereocenters. The zero-order valence-corrected chi connectivity index (χ0v) is 16.7. The van der Waals surface area contributed by atoms with Crippen molar-refractivity contribution in [3.8, 4) is 5.75 Å². The Labute approximate surface area is 173 Å². The smallest absolute Gasteiger partial charge is 0.301 e. The topological polar surface area (TPSA) is 92.9 Å². The lowest BCUT2D eigenvalue weighted by Crippen LogP contribution is -2.29. The lowest BCUT2D eigenvalue weighted by Gasteiger charge is -2.23. The molecule has 0 radical (unpaired) electrons. The number of aromatic nitrogens is 1. The molecule has 1 aliphatic heterocycles. The van der Waals surface area contributed by atoms with Crippen molar-refractivity contribution in [1.82, 2.24) is 5.16 Å². The third kappa shape index (κ3) is 3.24. The first-order valence-corrected chi connectivity index (χ1v) is 9.36. The van der Waals surface area contributed by atoms with Gasteiger partial charge in [-0.05, 0) is 31.5 Å². The quantitative estimate of drug-likeness (QED) is 0.402. The molecule has 1 unspecified atom stereocenters. The fourth-order valence-corrected chi connectivity index (χ4v) is 3.53. The van der Waals surface area contributed by atoms with Gasteiger partial charge in [-0.25, -0.2) is 0 Å². The van der Waals surface area contributed by atoms with Gasteiger partial charge in [0.25, 0.3) is 5.78 Å². The number of aliphatic hydroxyl groups is 1. The SMILES string of the molecule is COc1cccc(C2/C(=C(\O)c3ccc(C)cc3)C(=O)C(=O)N2c2cc(C)on2)c1. The van der Waals surface area contributed by atoms with Crippen LogP contribution in [0.4, 0.5) is 5.82 Å². The molecule has 0 aliphatic carbocycles. The summed E-state index contributed by atoms with van der Waals surface area (Å²) in [7, 11) is 1.53. The van der Waals surface area contributed by atoms with Gasteiger partial charge in [0.1, 0.15) is 17.3 Å². The zero-order chi connectivity index (χ0) is 21.4. The minimum atomic E-state index is -0.883. The molecule has 1 N–H and O–H groups in total. The molecule has 1 amide bonds. The van der Waals surface area contributed by atoms with E-state index in [9.17, 15) is 14.7 Å². The summed E-state index contributed by atoms with van der Waals surface area (Å²) in [5, 5.41) is 15.0. The number of ketones is 1. The molecule has 3 aromatic rings. The van der Waals surface area contributed by atoms with E-state index in [4.69, 9.17) is 9.26 Å². The van der Waals surface area contributed by atoms with Crippen LogP contribution in [-0.2, 0) is 9.59 Å². The van der Waals surface area contributed by atoms with Crippen LogP contribution < -0.4 is 9.64 Å². The summed E-state index contributed by atoms with van der Waals surface area (Å²) < 4.78 is 10.4. The van der Waals surface area contributed by atoms with Gasteiger partial charge in [0.15, 0.2) is 5.82 Å². The molecule has 0 saturated carbocycles. The molecule has 7 heteroatoms. The second-order valence-corrected chi connectivity index (χ2v) is 7.11. The number of nitrogens with zero attached hydrogens (tertiary/aromatic N) is 2. The minimum Gasteiger partial charge on any atom is -0.507 e. The summed E-state index contributed by atoms with van der Waals surface area (Å²) in [5.74, 6) is -0.569. The van der Waals surface area contributed by atoms with Gasteiger partial charge in [-0.15, -0.1) is 0 Å². The summed E-state index contributed by atoms with van der Waals surface area (Å²) >= 11 is 0. The number of amides is 1. The van der Waals surface area contributed by atoms with Crippen LogP contribution in [0.2, 0.25) is 0 Å². The van der Waals surface area contributed by atoms with E-state index < -0.39 is 17.7 Å². The van der Waals surface area contributed by atoms with Crippen molar-refractivity contribution >= 4 is 23.3 Å². The summed E-state index contributed by atoms with van der Waals surface area (Å²) in [5.41, 5.74) is 2.04. The number of carbonyl (C=O) groups excluding carboxylic acids is 2. The Kier molecular flexibility index (Phi) is 4.87. The van der Waals surface area contributed by atoms with E-state index in [1.54, 1.807) is 49.4 Å². The van der Waals surface area contributed by atoms with E-state index in [-0.39, 0.29) is 17.2 Å². The molecule has 1 aromatic heterocycles. The first-order chi connectivity index (χ1) is 14.4. The molecule has 1 fully saturated rings. The minimum absolute atomic E-state index is 0.0160. The molecule has 0 spiro atoms. The second-order valence-electron chi connectivity index (χ2n) is 7.11. The third-order valence-electron chi connectivity index (χ3n) is 5.04. The number of hydrogen-bond acceptors (Lipinski definition) is 6. The van der Waals surface area contributed by atoms with E-state index in [0.29, 0.717) is 22.6 Å². The van der Waals surface area contributed by atoms with Gasteiger partial charge in [-0.1, -0.05) is 47.1 Å². The number of aliphatic hydroxyl groups excluding tert-OH is 1. The molecule has 152 valence electrons. The molecule has 30 heavy (non-hydrogen) atoms. The van der Waals surface area contributed by atoms with Crippen LogP contribution in [0.25, 0.3) is 5.76 Å². The Morgan fingerprint density at radius 1 is 1.10 bits per heavy atom. The summed E-state index contributed by atoms with van der Waals surface area (Å²) in [6.45, 7) is 3.62. The average molecular weight is 404 g/mol. The van der Waals surface area contributed by atoms with Gasteiger partial charge in [-0.3, -0.25) is 14.5 Å². The number of hydrogen-bond donors (Lipinski definition) is 1. The van der Waals surface area contributed by atoms with Gasteiger partial charge in [0.2, 0.25) is 0 Å². The highest BCUT2D eigenvalue weighted by atomic mass is 16.5. The van der Waals surface area contributed by atoms with Crippen LogP contribution in [0, 0.1) is 13.8 Å². The van der Waals surface area contributed by atoms with E-state index in [2.05, 4.69) is 5.16 Å². The summed E-state index contributed by atoms with van der Waals surface area (Å²) in [6.07, 6.45) is 0. The predicted molar refractivity (Wildman–Crippen MR) is 110 cm³/mol. The lowest BCUT2D eigenvalue weighted by atomic mass is 9.95. The fourth-order valence-electron chi connectivity index (χ4n) is 3.53. The highest BCUT2D eigenvalue weighted by Crippen LogP contribution is 2.42. The summed E-state index contributed by atoms with van der Waals surface area (Å²) in [4.78, 5) is 27.2. The van der Waals surface area contributed by atoms with E-state index >= 15 is 0 Å². The van der Waals surface area contributed by atoms with Crippen LogP contribution in [0.3, 0.4) is 0 Å². The van der Waals surface area contributed by atoms with Crippen molar-refractivity contribution in [3.63, 3.8) is 0 Å². The van der Waals surface area contributed by atoms with Gasteiger partial charge < -0.3 is 14.4 Å². The van der Waals surface area contributed by atoms with Crippen molar-refractivity contribution in [2.75, 3.05) is 12.0 Å². The number of benzene rings is 2. The molecular formula is C23H20N2O5. The van der Waals surface area contributed by atoms with Gasteiger partial charge in [-0.2, -0.15) is 0 Å². The standard InChI is InChI=1S/C23H20N2O5/c1-13-7-9-15(10-8-13)21(26)19-20(16-5-4-6-17(12-16)29-3)25(23(28)22(19)27)18-11-14(2)30-24-18/h4-12,20,26H,1-3H3/b21-19+. The Morgan fingerprint density at radius 2 is 1.83 bits per heavy atom. The first-order valence-electron chi connectivity index (χ1n) is 9.36. The maximum atomic E-state index is 13.0. The highest BCUT2D eigenvalue weighted by Gasteiger charge is 2.48. The second kappa shape index (κ2) is 7.51. The molecule has 2 aromatic carbocycles. The highest BCUT2D eigenvalue weighted by molar-refractivity contribution is 6.51. The van der Waals surface area contributed by atoms with Crippen molar-refractivity contribution in [2.45, 2.75) is 19.9 Å². The Morgan fingerprint density at radius 3 is 2.47 bits per heavy atom. The maximum absolute atomic E-state index is 13.0. The number of aryl methyl sites for hydroxylation is 2. The summed E-state index contributed by atoms with van der Waals surface area (Å²) in [6, 6.07) is 14.8. The predicted octanol–water partition coefficient (Wildman–Crippen LogP) is 3.93. The Hall–Kier alpha value is -3.87.